The minimum atomic E-state index is -0.231. The van der Waals surface area contributed by atoms with Crippen molar-refractivity contribution in [3.8, 4) is 0 Å². The van der Waals surface area contributed by atoms with Crippen LogP contribution in [0.4, 0.5) is 0 Å². The molecule has 1 aromatic carbocycles. The number of nitrogens with one attached hydrogen (secondary N) is 3. The molecule has 1 fully saturated rings. The van der Waals surface area contributed by atoms with Crippen molar-refractivity contribution in [1.29, 1.82) is 0 Å². The maximum absolute atomic E-state index is 11.9. The van der Waals surface area contributed by atoms with Crippen molar-refractivity contribution in [2.24, 2.45) is 4.99 Å². The van der Waals surface area contributed by atoms with E-state index < -0.39 is 0 Å². The van der Waals surface area contributed by atoms with Gasteiger partial charge in [0.2, 0.25) is 5.91 Å². The summed E-state index contributed by atoms with van der Waals surface area (Å²) in [6, 6.07) is 8.73. The molecular weight excluding hydrogens is 338 g/mol. The number of aliphatic imine (C=N–C) groups is 1. The summed E-state index contributed by atoms with van der Waals surface area (Å²) in [5.74, 6) is 0.573. The Morgan fingerprint density at radius 1 is 1.04 bits per heavy atom. The Hall–Kier alpha value is -2.08. The molecule has 1 heterocycles. The zero-order chi connectivity index (χ0) is 19.7. The summed E-state index contributed by atoms with van der Waals surface area (Å²) in [5, 5.41) is 9.22. The number of carbonyl (C=O) groups is 1. The van der Waals surface area contributed by atoms with Crippen LogP contribution in [-0.2, 0) is 17.9 Å². The number of rotatable bonds is 6. The van der Waals surface area contributed by atoms with Gasteiger partial charge < -0.3 is 16.0 Å². The Labute approximate surface area is 163 Å². The molecule has 1 aliphatic heterocycles. The number of nitrogens with zero attached hydrogens (tertiary/aromatic N) is 2. The molecule has 1 amide bonds. The van der Waals surface area contributed by atoms with E-state index in [0.29, 0.717) is 12.5 Å². The highest BCUT2D eigenvalue weighted by molar-refractivity contribution is 5.86. The van der Waals surface area contributed by atoms with Gasteiger partial charge in [0.15, 0.2) is 5.96 Å². The van der Waals surface area contributed by atoms with Gasteiger partial charge in [-0.05, 0) is 57.8 Å². The van der Waals surface area contributed by atoms with Crippen molar-refractivity contribution >= 4 is 11.9 Å². The summed E-state index contributed by atoms with van der Waals surface area (Å²) < 4.78 is 0. The molecule has 150 valence electrons. The average molecular weight is 374 g/mol. The SMILES string of the molecule is CN=C(NCC(=O)NC(C)(C)C)NCc1ccc(CN2CCCCC2)cc1. The molecule has 0 atom stereocenters. The molecule has 6 heteroatoms. The zero-order valence-corrected chi connectivity index (χ0v) is 17.3. The molecule has 27 heavy (non-hydrogen) atoms. The van der Waals surface area contributed by atoms with E-state index in [0.717, 1.165) is 6.54 Å². The van der Waals surface area contributed by atoms with Crippen LogP contribution < -0.4 is 16.0 Å². The molecular formula is C21H35N5O. The number of hydrogen-bond donors (Lipinski definition) is 3. The Morgan fingerprint density at radius 3 is 2.26 bits per heavy atom. The van der Waals surface area contributed by atoms with Crippen LogP contribution in [-0.4, -0.2) is 49.0 Å². The minimum Gasteiger partial charge on any atom is -0.352 e. The van der Waals surface area contributed by atoms with Gasteiger partial charge in [0, 0.05) is 25.7 Å². The van der Waals surface area contributed by atoms with Gasteiger partial charge in [0.05, 0.1) is 6.54 Å². The molecule has 0 saturated carbocycles. The number of piperidine rings is 1. The van der Waals surface area contributed by atoms with E-state index >= 15 is 0 Å². The highest BCUT2D eigenvalue weighted by Crippen LogP contribution is 2.13. The van der Waals surface area contributed by atoms with Crippen LogP contribution in [0.25, 0.3) is 0 Å². The zero-order valence-electron chi connectivity index (χ0n) is 17.3. The van der Waals surface area contributed by atoms with Crippen molar-refractivity contribution in [2.75, 3.05) is 26.7 Å². The van der Waals surface area contributed by atoms with Crippen LogP contribution in [0, 0.1) is 0 Å². The number of likely N-dealkylation sites (tertiary alicyclic amines) is 1. The first-order valence-electron chi connectivity index (χ1n) is 9.91. The minimum absolute atomic E-state index is 0.0486. The lowest BCUT2D eigenvalue weighted by molar-refractivity contribution is -0.121. The molecule has 0 unspecified atom stereocenters. The second kappa shape index (κ2) is 10.3. The first-order valence-corrected chi connectivity index (χ1v) is 9.91. The maximum atomic E-state index is 11.9. The highest BCUT2D eigenvalue weighted by atomic mass is 16.2. The van der Waals surface area contributed by atoms with Gasteiger partial charge in [0.1, 0.15) is 0 Å². The monoisotopic (exact) mass is 373 g/mol. The summed E-state index contributed by atoms with van der Waals surface area (Å²) in [6.45, 7) is 10.2. The third kappa shape index (κ3) is 8.43. The van der Waals surface area contributed by atoms with E-state index in [4.69, 9.17) is 0 Å². The molecule has 1 aromatic rings. The predicted molar refractivity (Wildman–Crippen MR) is 112 cm³/mol. The molecule has 1 aliphatic rings. The third-order valence-electron chi connectivity index (χ3n) is 4.49. The fraction of sp³-hybridized carbons (Fsp3) is 0.619. The molecule has 0 aliphatic carbocycles. The predicted octanol–water partition coefficient (Wildman–Crippen LogP) is 2.25. The van der Waals surface area contributed by atoms with Crippen LogP contribution in [0.15, 0.2) is 29.3 Å². The van der Waals surface area contributed by atoms with Crippen molar-refractivity contribution in [1.82, 2.24) is 20.9 Å². The second-order valence-corrected chi connectivity index (χ2v) is 8.23. The van der Waals surface area contributed by atoms with Gasteiger partial charge in [-0.25, -0.2) is 0 Å². The lowest BCUT2D eigenvalue weighted by Gasteiger charge is -2.26. The first kappa shape index (κ1) is 21.2. The van der Waals surface area contributed by atoms with Gasteiger partial charge in [-0.2, -0.15) is 0 Å². The van der Waals surface area contributed by atoms with Gasteiger partial charge in [-0.15, -0.1) is 0 Å². The van der Waals surface area contributed by atoms with Crippen molar-refractivity contribution in [2.45, 2.75) is 58.7 Å². The van der Waals surface area contributed by atoms with Gasteiger partial charge in [0.25, 0.3) is 0 Å². The first-order chi connectivity index (χ1) is 12.9. The Balaban J connectivity index is 1.74. The van der Waals surface area contributed by atoms with Crippen LogP contribution in [0.3, 0.4) is 0 Å². The van der Waals surface area contributed by atoms with Crippen molar-refractivity contribution in [3.05, 3.63) is 35.4 Å². The van der Waals surface area contributed by atoms with Crippen molar-refractivity contribution < 1.29 is 4.79 Å². The van der Waals surface area contributed by atoms with Gasteiger partial charge in [-0.1, -0.05) is 30.7 Å². The lowest BCUT2D eigenvalue weighted by atomic mass is 10.1. The number of benzene rings is 1. The van der Waals surface area contributed by atoms with E-state index in [1.807, 2.05) is 20.8 Å². The molecule has 6 nitrogen and oxygen atoms in total. The Kier molecular flexibility index (Phi) is 8.10. The van der Waals surface area contributed by atoms with Gasteiger partial charge in [-0.3, -0.25) is 14.7 Å². The Morgan fingerprint density at radius 2 is 1.67 bits per heavy atom. The largest absolute Gasteiger partial charge is 0.352 e. The molecule has 0 radical (unpaired) electrons. The van der Waals surface area contributed by atoms with Gasteiger partial charge >= 0.3 is 0 Å². The topological polar surface area (TPSA) is 68.8 Å². The number of guanidine groups is 1. The molecule has 2 rings (SSSR count). The van der Waals surface area contributed by atoms with Crippen LogP contribution in [0.5, 0.6) is 0 Å². The quantitative estimate of drug-likeness (QED) is 0.528. The smallest absolute Gasteiger partial charge is 0.239 e. The average Bonchev–Trinajstić information content (AvgIpc) is 2.62. The summed E-state index contributed by atoms with van der Waals surface area (Å²) >= 11 is 0. The fourth-order valence-electron chi connectivity index (χ4n) is 3.17. The molecule has 3 N–H and O–H groups in total. The Bertz CT molecular complexity index is 612. The summed E-state index contributed by atoms with van der Waals surface area (Å²) in [6.07, 6.45) is 4.01. The summed E-state index contributed by atoms with van der Waals surface area (Å²) in [7, 11) is 1.71. The number of hydrogen-bond acceptors (Lipinski definition) is 3. The number of amides is 1. The maximum Gasteiger partial charge on any atom is 0.239 e. The van der Waals surface area contributed by atoms with E-state index in [1.54, 1.807) is 7.05 Å². The number of carbonyl (C=O) groups excluding carboxylic acids is 1. The molecule has 0 aromatic heterocycles. The van der Waals surface area contributed by atoms with E-state index in [2.05, 4.69) is 50.1 Å². The van der Waals surface area contributed by atoms with E-state index in [1.165, 1.54) is 43.5 Å². The highest BCUT2D eigenvalue weighted by Gasteiger charge is 2.13. The van der Waals surface area contributed by atoms with E-state index in [9.17, 15) is 4.79 Å². The summed E-state index contributed by atoms with van der Waals surface area (Å²) in [5.41, 5.74) is 2.33. The normalized spacial score (nSPS) is 16.1. The van der Waals surface area contributed by atoms with Crippen LogP contribution >= 0.6 is 0 Å². The lowest BCUT2D eigenvalue weighted by Crippen LogP contribution is -2.48. The third-order valence-corrected chi connectivity index (χ3v) is 4.49. The fourth-order valence-corrected chi connectivity index (χ4v) is 3.17. The molecule has 0 bridgehead atoms. The van der Waals surface area contributed by atoms with Crippen LogP contribution in [0.1, 0.15) is 51.2 Å². The van der Waals surface area contributed by atoms with E-state index in [-0.39, 0.29) is 18.0 Å². The standard InChI is InChI=1S/C21H35N5O/c1-21(2,3)25-19(27)15-24-20(22-4)23-14-17-8-10-18(11-9-17)16-26-12-6-5-7-13-26/h8-11H,5-7,12-16H2,1-4H3,(H,25,27)(H2,22,23,24). The second-order valence-electron chi connectivity index (χ2n) is 8.23. The molecule has 1 saturated heterocycles. The summed E-state index contributed by atoms with van der Waals surface area (Å²) in [4.78, 5) is 18.6. The van der Waals surface area contributed by atoms with Crippen molar-refractivity contribution in [3.63, 3.8) is 0 Å². The molecule has 0 spiro atoms. The van der Waals surface area contributed by atoms with Crippen LogP contribution in [0.2, 0.25) is 0 Å².